The Hall–Kier alpha value is -2.07. The van der Waals surface area contributed by atoms with Crippen molar-refractivity contribution in [2.75, 3.05) is 7.11 Å². The lowest BCUT2D eigenvalue weighted by atomic mass is 10.1. The average Bonchev–Trinajstić information content (AvgIpc) is 2.81. The fourth-order valence-electron chi connectivity index (χ4n) is 2.43. The van der Waals surface area contributed by atoms with Crippen molar-refractivity contribution in [3.63, 3.8) is 0 Å². The fourth-order valence-corrected chi connectivity index (χ4v) is 2.72. The molecule has 0 saturated carbocycles. The number of hydrogen-bond acceptors (Lipinski definition) is 2. The number of methoxy groups -OCH3 is 1. The van der Waals surface area contributed by atoms with E-state index in [1.165, 1.54) is 5.56 Å². The molecule has 1 heterocycles. The van der Waals surface area contributed by atoms with E-state index in [1.54, 1.807) is 7.11 Å². The maximum Gasteiger partial charge on any atom is 0.178 e. The normalized spacial score (nSPS) is 10.8. The van der Waals surface area contributed by atoms with Crippen molar-refractivity contribution in [1.29, 1.82) is 0 Å². The second kappa shape index (κ2) is 5.51. The molecule has 0 aliphatic rings. The van der Waals surface area contributed by atoms with E-state index in [1.807, 2.05) is 18.2 Å². The third-order valence-electron chi connectivity index (χ3n) is 3.46. The van der Waals surface area contributed by atoms with Gasteiger partial charge < -0.3 is 14.3 Å². The first-order chi connectivity index (χ1) is 9.79. The summed E-state index contributed by atoms with van der Waals surface area (Å²) < 4.78 is 8.23. The van der Waals surface area contributed by atoms with Gasteiger partial charge in [0.2, 0.25) is 0 Å². The highest BCUT2D eigenvalue weighted by Crippen LogP contribution is 2.24. The third-order valence-corrected chi connectivity index (χ3v) is 3.78. The smallest absolute Gasteiger partial charge is 0.178 e. The van der Waals surface area contributed by atoms with Crippen molar-refractivity contribution in [1.82, 2.24) is 9.55 Å². The van der Waals surface area contributed by atoms with Crippen LogP contribution in [-0.2, 0) is 13.0 Å². The van der Waals surface area contributed by atoms with Crippen LogP contribution in [0.1, 0.15) is 5.56 Å². The number of nitrogens with one attached hydrogen (secondary N) is 1. The quantitative estimate of drug-likeness (QED) is 0.735. The lowest BCUT2D eigenvalue weighted by Crippen LogP contribution is -2.01. The predicted octanol–water partition coefficient (Wildman–Crippen LogP) is 3.95. The molecule has 0 saturated heterocycles. The summed E-state index contributed by atoms with van der Waals surface area (Å²) in [4.78, 5) is 3.24. The highest BCUT2D eigenvalue weighted by Gasteiger charge is 2.08. The van der Waals surface area contributed by atoms with Crippen LogP contribution in [0, 0.1) is 4.77 Å². The van der Waals surface area contributed by atoms with E-state index in [-0.39, 0.29) is 0 Å². The number of H-pyrrole nitrogens is 1. The highest BCUT2D eigenvalue weighted by atomic mass is 32.1. The lowest BCUT2D eigenvalue weighted by molar-refractivity contribution is 0.419. The molecular formula is C16H16N2OS. The molecule has 0 atom stereocenters. The number of benzene rings is 2. The van der Waals surface area contributed by atoms with Crippen molar-refractivity contribution < 1.29 is 4.74 Å². The minimum absolute atomic E-state index is 0.737. The van der Waals surface area contributed by atoms with Crippen molar-refractivity contribution in [2.45, 2.75) is 13.0 Å². The van der Waals surface area contributed by atoms with E-state index >= 15 is 0 Å². The number of hydrogen-bond donors (Lipinski definition) is 1. The Morgan fingerprint density at radius 2 is 1.90 bits per heavy atom. The zero-order valence-corrected chi connectivity index (χ0v) is 12.1. The largest absolute Gasteiger partial charge is 0.494 e. The third kappa shape index (κ3) is 2.34. The zero-order chi connectivity index (χ0) is 13.9. The maximum absolute atomic E-state index is 5.43. The summed E-state index contributed by atoms with van der Waals surface area (Å²) in [7, 11) is 1.67. The molecule has 0 radical (unpaired) electrons. The van der Waals surface area contributed by atoms with E-state index in [0.717, 1.165) is 34.5 Å². The minimum Gasteiger partial charge on any atom is -0.494 e. The molecule has 0 aliphatic heterocycles. The summed E-state index contributed by atoms with van der Waals surface area (Å²) >= 11 is 5.43. The predicted molar refractivity (Wildman–Crippen MR) is 83.8 cm³/mol. The molecule has 0 bridgehead atoms. The van der Waals surface area contributed by atoms with Crippen LogP contribution >= 0.6 is 12.2 Å². The van der Waals surface area contributed by atoms with Crippen LogP contribution < -0.4 is 4.74 Å². The van der Waals surface area contributed by atoms with Gasteiger partial charge in [0.1, 0.15) is 11.3 Å². The molecule has 0 spiro atoms. The van der Waals surface area contributed by atoms with E-state index in [4.69, 9.17) is 17.0 Å². The second-order valence-corrected chi connectivity index (χ2v) is 5.06. The molecule has 20 heavy (non-hydrogen) atoms. The molecule has 4 heteroatoms. The second-order valence-electron chi connectivity index (χ2n) is 4.67. The van der Waals surface area contributed by atoms with Gasteiger partial charge in [-0.2, -0.15) is 0 Å². The van der Waals surface area contributed by atoms with Crippen LogP contribution in [0.25, 0.3) is 11.0 Å². The minimum atomic E-state index is 0.737. The molecule has 102 valence electrons. The van der Waals surface area contributed by atoms with Gasteiger partial charge in [0.15, 0.2) is 4.77 Å². The first-order valence-electron chi connectivity index (χ1n) is 6.59. The summed E-state index contributed by atoms with van der Waals surface area (Å²) in [6.45, 7) is 0.857. The number of aryl methyl sites for hydroxylation is 2. The Balaban J connectivity index is 1.96. The molecular weight excluding hydrogens is 268 g/mol. The summed E-state index contributed by atoms with van der Waals surface area (Å²) in [5.74, 6) is 0.826. The van der Waals surface area contributed by atoms with Crippen molar-refractivity contribution in [2.24, 2.45) is 0 Å². The van der Waals surface area contributed by atoms with Gasteiger partial charge in [0.25, 0.3) is 0 Å². The fraction of sp³-hybridized carbons (Fsp3) is 0.188. The van der Waals surface area contributed by atoms with Crippen LogP contribution in [0.15, 0.2) is 48.5 Å². The molecule has 2 aromatic carbocycles. The monoisotopic (exact) mass is 284 g/mol. The van der Waals surface area contributed by atoms with E-state index in [0.29, 0.717) is 0 Å². The standard InChI is InChI=1S/C16H16N2OS/c1-19-14-9-5-8-13-15(14)17-16(20)18(13)11-10-12-6-3-2-4-7-12/h2-9H,10-11H2,1H3,(H,17,20). The van der Waals surface area contributed by atoms with Gasteiger partial charge in [0.05, 0.1) is 12.6 Å². The average molecular weight is 284 g/mol. The number of fused-ring (bicyclic) bond motifs is 1. The van der Waals surface area contributed by atoms with E-state index in [2.05, 4.69) is 39.9 Å². The summed E-state index contributed by atoms with van der Waals surface area (Å²) in [6.07, 6.45) is 0.958. The van der Waals surface area contributed by atoms with Gasteiger partial charge in [-0.25, -0.2) is 0 Å². The number of imidazole rings is 1. The summed E-state index contributed by atoms with van der Waals surface area (Å²) in [5, 5.41) is 0. The van der Waals surface area contributed by atoms with Crippen LogP contribution in [0.3, 0.4) is 0 Å². The maximum atomic E-state index is 5.43. The van der Waals surface area contributed by atoms with Crippen LogP contribution in [0.4, 0.5) is 0 Å². The van der Waals surface area contributed by atoms with Gasteiger partial charge in [-0.3, -0.25) is 0 Å². The number of aromatic amines is 1. The molecule has 0 aliphatic carbocycles. The van der Waals surface area contributed by atoms with Crippen molar-refractivity contribution >= 4 is 23.3 Å². The van der Waals surface area contributed by atoms with Crippen LogP contribution in [0.5, 0.6) is 5.75 Å². The summed E-state index contributed by atoms with van der Waals surface area (Å²) in [6, 6.07) is 16.4. The van der Waals surface area contributed by atoms with Gasteiger partial charge in [0, 0.05) is 6.54 Å². The van der Waals surface area contributed by atoms with E-state index < -0.39 is 0 Å². The van der Waals surface area contributed by atoms with Crippen molar-refractivity contribution in [3.05, 3.63) is 58.9 Å². The first-order valence-corrected chi connectivity index (χ1v) is 7.00. The Morgan fingerprint density at radius 1 is 1.10 bits per heavy atom. The number of para-hydroxylation sites is 1. The van der Waals surface area contributed by atoms with Gasteiger partial charge in [-0.1, -0.05) is 36.4 Å². The molecule has 1 N–H and O–H groups in total. The SMILES string of the molecule is COc1cccc2c1[nH]c(=S)n2CCc1ccccc1. The Morgan fingerprint density at radius 3 is 2.65 bits per heavy atom. The molecule has 0 amide bonds. The Bertz CT molecular complexity index is 774. The molecule has 0 fully saturated rings. The number of aromatic nitrogens is 2. The summed E-state index contributed by atoms with van der Waals surface area (Å²) in [5.41, 5.74) is 3.37. The first kappa shape index (κ1) is 12.9. The molecule has 0 unspecified atom stereocenters. The molecule has 3 nitrogen and oxygen atoms in total. The van der Waals surface area contributed by atoms with Crippen LogP contribution in [-0.4, -0.2) is 16.7 Å². The van der Waals surface area contributed by atoms with Gasteiger partial charge in [-0.05, 0) is 36.3 Å². The van der Waals surface area contributed by atoms with Crippen molar-refractivity contribution in [3.8, 4) is 5.75 Å². The highest BCUT2D eigenvalue weighted by molar-refractivity contribution is 7.71. The topological polar surface area (TPSA) is 29.9 Å². The Kier molecular flexibility index (Phi) is 3.56. The van der Waals surface area contributed by atoms with E-state index in [9.17, 15) is 0 Å². The van der Waals surface area contributed by atoms with Gasteiger partial charge >= 0.3 is 0 Å². The number of ether oxygens (including phenoxy) is 1. The lowest BCUT2D eigenvalue weighted by Gasteiger charge is -2.06. The zero-order valence-electron chi connectivity index (χ0n) is 11.3. The van der Waals surface area contributed by atoms with Crippen LogP contribution in [0.2, 0.25) is 0 Å². The molecule has 1 aromatic heterocycles. The number of nitrogens with zero attached hydrogens (tertiary/aromatic N) is 1. The Labute approximate surface area is 122 Å². The number of rotatable bonds is 4. The van der Waals surface area contributed by atoms with Gasteiger partial charge in [-0.15, -0.1) is 0 Å². The molecule has 3 aromatic rings. The molecule has 3 rings (SSSR count).